The standard InChI is InChI=1S/C10H17N3OS/c11-9-5-12-10(15-9)13-8-4-2-1-3-7(8)6-14/h5,7-8,14H,1-4,6,11H2,(H,12,13). The number of aromatic nitrogens is 1. The van der Waals surface area contributed by atoms with Crippen LogP contribution < -0.4 is 11.1 Å². The molecule has 15 heavy (non-hydrogen) atoms. The Kier molecular flexibility index (Phi) is 3.43. The zero-order chi connectivity index (χ0) is 10.7. The predicted octanol–water partition coefficient (Wildman–Crippen LogP) is 1.69. The number of aliphatic hydroxyl groups excluding tert-OH is 1. The van der Waals surface area contributed by atoms with Crippen molar-refractivity contribution in [3.63, 3.8) is 0 Å². The fraction of sp³-hybridized carbons (Fsp3) is 0.700. The monoisotopic (exact) mass is 227 g/mol. The van der Waals surface area contributed by atoms with Crippen molar-refractivity contribution in [1.29, 1.82) is 0 Å². The van der Waals surface area contributed by atoms with E-state index in [0.717, 1.165) is 23.0 Å². The van der Waals surface area contributed by atoms with Crippen molar-refractivity contribution in [3.8, 4) is 0 Å². The third kappa shape index (κ3) is 2.60. The Morgan fingerprint density at radius 2 is 2.33 bits per heavy atom. The summed E-state index contributed by atoms with van der Waals surface area (Å²) >= 11 is 1.47. The first-order valence-electron chi connectivity index (χ1n) is 5.38. The molecule has 1 aromatic rings. The minimum atomic E-state index is 0.262. The average Bonchev–Trinajstić information content (AvgIpc) is 2.65. The largest absolute Gasteiger partial charge is 0.396 e. The highest BCUT2D eigenvalue weighted by Crippen LogP contribution is 2.29. The highest BCUT2D eigenvalue weighted by Gasteiger charge is 2.24. The van der Waals surface area contributed by atoms with E-state index in [0.29, 0.717) is 12.0 Å². The molecule has 4 nitrogen and oxygen atoms in total. The average molecular weight is 227 g/mol. The molecule has 84 valence electrons. The molecule has 0 saturated heterocycles. The molecule has 0 aliphatic heterocycles. The van der Waals surface area contributed by atoms with Gasteiger partial charge in [-0.05, 0) is 12.8 Å². The quantitative estimate of drug-likeness (QED) is 0.735. The van der Waals surface area contributed by atoms with Crippen LogP contribution in [0.1, 0.15) is 25.7 Å². The molecule has 1 saturated carbocycles. The highest BCUT2D eigenvalue weighted by atomic mass is 32.1. The van der Waals surface area contributed by atoms with Gasteiger partial charge in [-0.15, -0.1) is 0 Å². The van der Waals surface area contributed by atoms with Crippen LogP contribution in [0.2, 0.25) is 0 Å². The second-order valence-corrected chi connectivity index (χ2v) is 5.11. The van der Waals surface area contributed by atoms with E-state index in [9.17, 15) is 5.11 Å². The van der Waals surface area contributed by atoms with Crippen LogP contribution in [0.3, 0.4) is 0 Å². The molecule has 4 N–H and O–H groups in total. The Morgan fingerprint density at radius 1 is 1.53 bits per heavy atom. The maximum atomic E-state index is 9.26. The number of thiazole rings is 1. The number of nitrogens with two attached hydrogens (primary N) is 1. The molecule has 0 bridgehead atoms. The van der Waals surface area contributed by atoms with Crippen molar-refractivity contribution in [3.05, 3.63) is 6.20 Å². The molecule has 2 atom stereocenters. The van der Waals surface area contributed by atoms with Gasteiger partial charge in [0.1, 0.15) is 5.00 Å². The Hall–Kier alpha value is -0.810. The second kappa shape index (κ2) is 4.81. The van der Waals surface area contributed by atoms with E-state index in [2.05, 4.69) is 10.3 Å². The van der Waals surface area contributed by atoms with E-state index in [1.165, 1.54) is 24.2 Å². The van der Waals surface area contributed by atoms with Crippen molar-refractivity contribution < 1.29 is 5.11 Å². The van der Waals surface area contributed by atoms with Gasteiger partial charge in [-0.3, -0.25) is 0 Å². The van der Waals surface area contributed by atoms with Crippen LogP contribution in [-0.4, -0.2) is 22.7 Å². The van der Waals surface area contributed by atoms with Gasteiger partial charge in [-0.2, -0.15) is 0 Å². The number of anilines is 2. The molecule has 1 aromatic heterocycles. The first-order chi connectivity index (χ1) is 7.29. The highest BCUT2D eigenvalue weighted by molar-refractivity contribution is 7.19. The number of aliphatic hydroxyl groups is 1. The summed E-state index contributed by atoms with van der Waals surface area (Å²) in [6.07, 6.45) is 6.35. The van der Waals surface area contributed by atoms with Gasteiger partial charge < -0.3 is 16.2 Å². The summed E-state index contributed by atoms with van der Waals surface area (Å²) in [5, 5.41) is 14.2. The summed E-state index contributed by atoms with van der Waals surface area (Å²) in [5.41, 5.74) is 5.62. The minimum Gasteiger partial charge on any atom is -0.396 e. The van der Waals surface area contributed by atoms with E-state index in [4.69, 9.17) is 5.73 Å². The molecule has 1 fully saturated rings. The van der Waals surface area contributed by atoms with E-state index >= 15 is 0 Å². The van der Waals surface area contributed by atoms with Crippen LogP contribution >= 0.6 is 11.3 Å². The van der Waals surface area contributed by atoms with Gasteiger partial charge >= 0.3 is 0 Å². The van der Waals surface area contributed by atoms with E-state index < -0.39 is 0 Å². The van der Waals surface area contributed by atoms with Crippen LogP contribution in [0, 0.1) is 5.92 Å². The first kappa shape index (κ1) is 10.7. The summed E-state index contributed by atoms with van der Waals surface area (Å²) in [4.78, 5) is 4.18. The summed E-state index contributed by atoms with van der Waals surface area (Å²) < 4.78 is 0. The van der Waals surface area contributed by atoms with E-state index in [-0.39, 0.29) is 6.61 Å². The Morgan fingerprint density at radius 3 is 3.00 bits per heavy atom. The van der Waals surface area contributed by atoms with Crippen LogP contribution in [0.25, 0.3) is 0 Å². The van der Waals surface area contributed by atoms with Gasteiger partial charge in [0.25, 0.3) is 0 Å². The molecule has 0 radical (unpaired) electrons. The normalized spacial score (nSPS) is 26.5. The van der Waals surface area contributed by atoms with Gasteiger partial charge in [0.05, 0.1) is 6.20 Å². The molecule has 1 aliphatic rings. The van der Waals surface area contributed by atoms with E-state index in [1.807, 2.05) is 0 Å². The van der Waals surface area contributed by atoms with Crippen LogP contribution in [0.15, 0.2) is 6.20 Å². The van der Waals surface area contributed by atoms with Crippen molar-refractivity contribution in [2.45, 2.75) is 31.7 Å². The molecule has 0 aromatic carbocycles. The number of nitrogen functional groups attached to an aromatic ring is 1. The fourth-order valence-corrected chi connectivity index (χ4v) is 2.77. The van der Waals surface area contributed by atoms with Gasteiger partial charge in [-0.1, -0.05) is 24.2 Å². The Labute approximate surface area is 93.5 Å². The first-order valence-corrected chi connectivity index (χ1v) is 6.20. The minimum absolute atomic E-state index is 0.262. The Bertz CT molecular complexity index is 315. The third-order valence-corrected chi connectivity index (χ3v) is 3.73. The maximum Gasteiger partial charge on any atom is 0.184 e. The van der Waals surface area contributed by atoms with Crippen molar-refractivity contribution in [2.75, 3.05) is 17.7 Å². The second-order valence-electron chi connectivity index (χ2n) is 4.05. The number of rotatable bonds is 3. The van der Waals surface area contributed by atoms with Crippen LogP contribution in [0.5, 0.6) is 0 Å². The number of hydrogen-bond donors (Lipinski definition) is 3. The lowest BCUT2D eigenvalue weighted by atomic mass is 9.85. The zero-order valence-electron chi connectivity index (χ0n) is 8.65. The van der Waals surface area contributed by atoms with Crippen molar-refractivity contribution in [2.24, 2.45) is 5.92 Å². The topological polar surface area (TPSA) is 71.2 Å². The van der Waals surface area contributed by atoms with Crippen LogP contribution in [-0.2, 0) is 0 Å². The van der Waals surface area contributed by atoms with Gasteiger partial charge in [0.2, 0.25) is 0 Å². The van der Waals surface area contributed by atoms with Gasteiger partial charge in [-0.25, -0.2) is 4.98 Å². The number of nitrogens with one attached hydrogen (secondary N) is 1. The number of hydrogen-bond acceptors (Lipinski definition) is 5. The lowest BCUT2D eigenvalue weighted by Gasteiger charge is -2.30. The SMILES string of the molecule is Nc1cnc(NC2CCCCC2CO)s1. The molecule has 5 heteroatoms. The van der Waals surface area contributed by atoms with Crippen molar-refractivity contribution >= 4 is 21.5 Å². The van der Waals surface area contributed by atoms with E-state index in [1.54, 1.807) is 6.20 Å². The third-order valence-electron chi connectivity index (χ3n) is 2.98. The summed E-state index contributed by atoms with van der Waals surface area (Å²) in [5.74, 6) is 0.365. The predicted molar refractivity (Wildman–Crippen MR) is 63.0 cm³/mol. The van der Waals surface area contributed by atoms with Gasteiger partial charge in [0.15, 0.2) is 5.13 Å². The molecule has 2 rings (SSSR count). The molecular weight excluding hydrogens is 210 g/mol. The maximum absolute atomic E-state index is 9.26. The van der Waals surface area contributed by atoms with Gasteiger partial charge in [0, 0.05) is 18.6 Å². The zero-order valence-corrected chi connectivity index (χ0v) is 9.46. The number of nitrogens with zero attached hydrogens (tertiary/aromatic N) is 1. The summed E-state index contributed by atoms with van der Waals surface area (Å²) in [6.45, 7) is 0.262. The molecule has 1 heterocycles. The smallest absolute Gasteiger partial charge is 0.184 e. The molecule has 1 aliphatic carbocycles. The van der Waals surface area contributed by atoms with Crippen LogP contribution in [0.4, 0.5) is 10.1 Å². The molecule has 2 unspecified atom stereocenters. The fourth-order valence-electron chi connectivity index (χ4n) is 2.13. The van der Waals surface area contributed by atoms with Crippen molar-refractivity contribution in [1.82, 2.24) is 4.98 Å². The molecular formula is C10H17N3OS. The lowest BCUT2D eigenvalue weighted by Crippen LogP contribution is -2.34. The molecule has 0 spiro atoms. The summed E-state index contributed by atoms with van der Waals surface area (Å²) in [7, 11) is 0. The lowest BCUT2D eigenvalue weighted by molar-refractivity contribution is 0.178. The summed E-state index contributed by atoms with van der Waals surface area (Å²) in [6, 6.07) is 0.356. The molecule has 0 amide bonds. The Balaban J connectivity index is 1.97.